The van der Waals surface area contributed by atoms with Crippen LogP contribution in [0, 0.1) is 0 Å². The molecule has 100 valence electrons. The van der Waals surface area contributed by atoms with Crippen LogP contribution in [0.15, 0.2) is 10.5 Å². The van der Waals surface area contributed by atoms with Crippen LogP contribution in [0.2, 0.25) is 39.3 Å². The third-order valence-corrected chi connectivity index (χ3v) is 8.13. The summed E-state index contributed by atoms with van der Waals surface area (Å²) < 4.78 is 12.7. The lowest BCUT2D eigenvalue weighted by Gasteiger charge is -2.25. The van der Waals surface area contributed by atoms with E-state index in [9.17, 15) is 0 Å². The summed E-state index contributed by atoms with van der Waals surface area (Å²) in [6, 6.07) is 2.27. The van der Waals surface area contributed by atoms with Crippen LogP contribution >= 0.6 is 15.9 Å². The molecule has 0 bridgehead atoms. The highest BCUT2D eigenvalue weighted by molar-refractivity contribution is 9.10. The van der Waals surface area contributed by atoms with Crippen LogP contribution in [0.4, 0.5) is 0 Å². The van der Waals surface area contributed by atoms with E-state index in [1.54, 1.807) is 0 Å². The van der Waals surface area contributed by atoms with Gasteiger partial charge in [0.05, 0.1) is 16.1 Å². The molecule has 2 nitrogen and oxygen atoms in total. The van der Waals surface area contributed by atoms with Crippen molar-refractivity contribution >= 4 is 42.5 Å². The van der Waals surface area contributed by atoms with Crippen molar-refractivity contribution in [3.63, 3.8) is 0 Å². The predicted molar refractivity (Wildman–Crippen MR) is 86.2 cm³/mol. The van der Waals surface area contributed by atoms with Crippen LogP contribution in [0.25, 0.3) is 0 Å². The van der Waals surface area contributed by atoms with Crippen molar-refractivity contribution in [3.05, 3.63) is 10.5 Å². The normalized spacial score (nSPS) is 15.1. The Morgan fingerprint density at radius 2 is 1.50 bits per heavy atom. The lowest BCUT2D eigenvalue weighted by atomic mass is 10.3. The van der Waals surface area contributed by atoms with Crippen LogP contribution in [-0.2, 0) is 0 Å². The Bertz CT molecular complexity index is 487. The molecule has 0 spiro atoms. The Balaban J connectivity index is 2.73. The third kappa shape index (κ3) is 2.40. The van der Waals surface area contributed by atoms with Crippen LogP contribution in [-0.4, -0.2) is 22.9 Å². The first-order chi connectivity index (χ1) is 8.12. The van der Waals surface area contributed by atoms with Crippen LogP contribution < -0.4 is 19.8 Å². The number of rotatable bonds is 2. The minimum absolute atomic E-state index is 0.362. The van der Waals surface area contributed by atoms with Crippen molar-refractivity contribution in [2.75, 3.05) is 6.79 Å². The number of ether oxygens (including phenoxy) is 2. The standard InChI is InChI=1S/C13H21BrO2Si2/c1-17(2,3)10-7-9(14)13(18(4,5)6)12-11(10)15-8-16-12/h7H,8H2,1-6H3. The molecular weight excluding hydrogens is 324 g/mol. The van der Waals surface area contributed by atoms with Crippen molar-refractivity contribution in [3.8, 4) is 11.5 Å². The predicted octanol–water partition coefficient (Wildman–Crippen LogP) is 3.27. The van der Waals surface area contributed by atoms with Gasteiger partial charge in [0.15, 0.2) is 11.5 Å². The van der Waals surface area contributed by atoms with Gasteiger partial charge in [-0.1, -0.05) is 55.2 Å². The van der Waals surface area contributed by atoms with Gasteiger partial charge < -0.3 is 9.47 Å². The first-order valence-electron chi connectivity index (χ1n) is 6.25. The molecule has 1 aliphatic rings. The largest absolute Gasteiger partial charge is 0.454 e. The molecule has 0 saturated heterocycles. The number of fused-ring (bicyclic) bond motifs is 1. The second-order valence-electron chi connectivity index (χ2n) is 6.85. The Morgan fingerprint density at radius 3 is 2.00 bits per heavy atom. The SMILES string of the molecule is C[Si](C)(C)c1cc(Br)c([Si](C)(C)C)c2c1OCO2. The maximum atomic E-state index is 5.78. The average Bonchev–Trinajstić information content (AvgIpc) is 2.60. The van der Waals surface area contributed by atoms with E-state index < -0.39 is 16.1 Å². The zero-order valence-electron chi connectivity index (χ0n) is 12.0. The van der Waals surface area contributed by atoms with Crippen molar-refractivity contribution in [2.24, 2.45) is 0 Å². The van der Waals surface area contributed by atoms with E-state index in [1.807, 2.05) is 0 Å². The average molecular weight is 345 g/mol. The van der Waals surface area contributed by atoms with E-state index in [1.165, 1.54) is 14.8 Å². The summed E-state index contributed by atoms with van der Waals surface area (Å²) in [7, 11) is -2.88. The summed E-state index contributed by atoms with van der Waals surface area (Å²) in [5.74, 6) is 2.01. The van der Waals surface area contributed by atoms with Crippen LogP contribution in [0.1, 0.15) is 0 Å². The van der Waals surface area contributed by atoms with Gasteiger partial charge in [0.25, 0.3) is 0 Å². The number of halogens is 1. The lowest BCUT2D eigenvalue weighted by Crippen LogP contribution is -2.43. The van der Waals surface area contributed by atoms with Gasteiger partial charge >= 0.3 is 0 Å². The summed E-state index contributed by atoms with van der Waals surface area (Å²) in [5, 5.41) is 2.70. The van der Waals surface area contributed by atoms with E-state index in [0.29, 0.717) is 6.79 Å². The maximum Gasteiger partial charge on any atom is 0.231 e. The Hall–Kier alpha value is -0.266. The summed E-state index contributed by atoms with van der Waals surface area (Å²) in [6.07, 6.45) is 0. The van der Waals surface area contributed by atoms with Gasteiger partial charge in [0.1, 0.15) is 0 Å². The molecule has 1 aromatic carbocycles. The molecule has 0 N–H and O–H groups in total. The molecule has 0 amide bonds. The van der Waals surface area contributed by atoms with E-state index in [4.69, 9.17) is 9.47 Å². The fraction of sp³-hybridized carbons (Fsp3) is 0.538. The molecule has 0 radical (unpaired) electrons. The van der Waals surface area contributed by atoms with E-state index in [-0.39, 0.29) is 0 Å². The lowest BCUT2D eigenvalue weighted by molar-refractivity contribution is 0.175. The van der Waals surface area contributed by atoms with Gasteiger partial charge in [-0.2, -0.15) is 0 Å². The molecule has 18 heavy (non-hydrogen) atoms. The van der Waals surface area contributed by atoms with Crippen molar-refractivity contribution < 1.29 is 9.47 Å². The molecule has 0 atom stereocenters. The number of hydrogen-bond donors (Lipinski definition) is 0. The smallest absolute Gasteiger partial charge is 0.231 e. The first kappa shape index (κ1) is 14.1. The third-order valence-electron chi connectivity index (χ3n) is 3.15. The molecule has 1 heterocycles. The van der Waals surface area contributed by atoms with Gasteiger partial charge in [-0.05, 0) is 16.4 Å². The van der Waals surface area contributed by atoms with Gasteiger partial charge in [0, 0.05) is 4.47 Å². The Morgan fingerprint density at radius 1 is 0.944 bits per heavy atom. The van der Waals surface area contributed by atoms with Crippen molar-refractivity contribution in [2.45, 2.75) is 39.3 Å². The molecule has 2 rings (SSSR count). The first-order valence-corrected chi connectivity index (χ1v) is 14.0. The van der Waals surface area contributed by atoms with E-state index in [0.717, 1.165) is 11.5 Å². The summed E-state index contributed by atoms with van der Waals surface area (Å²) in [6.45, 7) is 14.4. The van der Waals surface area contributed by atoms with Gasteiger partial charge in [0.2, 0.25) is 6.79 Å². The van der Waals surface area contributed by atoms with Crippen molar-refractivity contribution in [1.29, 1.82) is 0 Å². The van der Waals surface area contributed by atoms with Gasteiger partial charge in [-0.3, -0.25) is 0 Å². The fourth-order valence-electron chi connectivity index (χ4n) is 2.29. The monoisotopic (exact) mass is 344 g/mol. The fourth-order valence-corrected chi connectivity index (χ4v) is 7.80. The molecule has 0 aliphatic carbocycles. The van der Waals surface area contributed by atoms with Crippen LogP contribution in [0.3, 0.4) is 0 Å². The van der Waals surface area contributed by atoms with Crippen molar-refractivity contribution in [1.82, 2.24) is 0 Å². The summed E-state index contributed by atoms with van der Waals surface area (Å²) >= 11 is 3.75. The minimum atomic E-state index is -1.45. The minimum Gasteiger partial charge on any atom is -0.454 e. The zero-order valence-corrected chi connectivity index (χ0v) is 15.6. The van der Waals surface area contributed by atoms with Gasteiger partial charge in [-0.15, -0.1) is 0 Å². The molecule has 5 heteroatoms. The highest BCUT2D eigenvalue weighted by Crippen LogP contribution is 2.35. The highest BCUT2D eigenvalue weighted by Gasteiger charge is 2.35. The molecule has 1 aromatic rings. The second-order valence-corrected chi connectivity index (χ2v) is 17.7. The van der Waals surface area contributed by atoms with Crippen LogP contribution in [0.5, 0.6) is 11.5 Å². The molecule has 0 unspecified atom stereocenters. The topological polar surface area (TPSA) is 18.5 Å². The van der Waals surface area contributed by atoms with Gasteiger partial charge in [-0.25, -0.2) is 0 Å². The number of benzene rings is 1. The summed E-state index contributed by atoms with van der Waals surface area (Å²) in [4.78, 5) is 0. The molecule has 0 saturated carbocycles. The Labute approximate surface area is 120 Å². The molecular formula is C13H21BrO2Si2. The maximum absolute atomic E-state index is 5.78. The highest BCUT2D eigenvalue weighted by atomic mass is 79.9. The molecule has 0 fully saturated rings. The van der Waals surface area contributed by atoms with E-state index in [2.05, 4.69) is 61.3 Å². The Kier molecular flexibility index (Phi) is 3.45. The summed E-state index contributed by atoms with van der Waals surface area (Å²) in [5.41, 5.74) is 0. The second kappa shape index (κ2) is 4.39. The number of hydrogen-bond acceptors (Lipinski definition) is 2. The zero-order chi connectivity index (χ0) is 13.7. The quantitative estimate of drug-likeness (QED) is 0.766. The molecule has 0 aromatic heterocycles. The molecule has 1 aliphatic heterocycles. The van der Waals surface area contributed by atoms with E-state index >= 15 is 0 Å².